The Labute approximate surface area is 117 Å². The molecule has 1 heterocycles. The number of alkyl halides is 5. The number of carbonyl (C=O) groups is 1. The summed E-state index contributed by atoms with van der Waals surface area (Å²) in [4.78, 5) is 14.6. The Morgan fingerprint density at radius 2 is 2.00 bits per heavy atom. The predicted molar refractivity (Wildman–Crippen MR) is 59.9 cm³/mol. The molecular formula is C9H5F5INO3. The van der Waals surface area contributed by atoms with Crippen molar-refractivity contribution in [3.05, 3.63) is 21.0 Å². The zero-order valence-electron chi connectivity index (χ0n) is 9.09. The topological polar surface area (TPSA) is 48.4 Å². The number of nitrogens with zero attached hydrogens (tertiary/aromatic N) is 1. The van der Waals surface area contributed by atoms with Gasteiger partial charge >= 0.3 is 12.3 Å². The van der Waals surface area contributed by atoms with E-state index in [9.17, 15) is 26.7 Å². The van der Waals surface area contributed by atoms with Gasteiger partial charge in [0.25, 0.3) is 6.43 Å². The van der Waals surface area contributed by atoms with Crippen molar-refractivity contribution >= 4 is 28.6 Å². The van der Waals surface area contributed by atoms with Crippen molar-refractivity contribution in [3.63, 3.8) is 0 Å². The minimum Gasteiger partial charge on any atom is -0.465 e. The molecule has 0 atom stereocenters. The van der Waals surface area contributed by atoms with Crippen molar-refractivity contribution in [1.29, 1.82) is 0 Å². The molecule has 4 nitrogen and oxygen atoms in total. The van der Waals surface area contributed by atoms with Crippen LogP contribution in [0.2, 0.25) is 0 Å². The van der Waals surface area contributed by atoms with Crippen LogP contribution in [-0.4, -0.2) is 24.4 Å². The van der Waals surface area contributed by atoms with Crippen LogP contribution < -0.4 is 4.74 Å². The molecule has 0 N–H and O–H groups in total. The van der Waals surface area contributed by atoms with E-state index in [1.165, 1.54) is 22.6 Å². The third-order valence-electron chi connectivity index (χ3n) is 1.80. The fourth-order valence-electron chi connectivity index (χ4n) is 1.18. The highest BCUT2D eigenvalue weighted by molar-refractivity contribution is 14.1. The standard InChI is InChI=1S/C9H5F5INO3/c1-18-8(17)5-3(19-9(12,13)14)2-4(15)16-6(5)7(10)11/h2,7H,1H3. The van der Waals surface area contributed by atoms with E-state index < -0.39 is 35.8 Å². The molecule has 19 heavy (non-hydrogen) atoms. The quantitative estimate of drug-likeness (QED) is 0.340. The Kier molecular flexibility index (Phi) is 4.87. The van der Waals surface area contributed by atoms with E-state index in [0.29, 0.717) is 6.07 Å². The molecular weight excluding hydrogens is 392 g/mol. The van der Waals surface area contributed by atoms with Gasteiger partial charge in [-0.3, -0.25) is 0 Å². The van der Waals surface area contributed by atoms with Crippen LogP contribution in [0.25, 0.3) is 0 Å². The highest BCUT2D eigenvalue weighted by atomic mass is 127. The fraction of sp³-hybridized carbons (Fsp3) is 0.333. The van der Waals surface area contributed by atoms with Crippen LogP contribution in [0.4, 0.5) is 22.0 Å². The van der Waals surface area contributed by atoms with Crippen LogP contribution in [0.5, 0.6) is 5.75 Å². The molecule has 0 aliphatic rings. The van der Waals surface area contributed by atoms with E-state index in [-0.39, 0.29) is 3.70 Å². The predicted octanol–water partition coefficient (Wildman–Crippen LogP) is 3.31. The van der Waals surface area contributed by atoms with Gasteiger partial charge in [-0.15, -0.1) is 13.2 Å². The number of aromatic nitrogens is 1. The van der Waals surface area contributed by atoms with Gasteiger partial charge in [-0.2, -0.15) is 0 Å². The Bertz CT molecular complexity index is 491. The molecule has 0 aliphatic carbocycles. The lowest BCUT2D eigenvalue weighted by molar-refractivity contribution is -0.274. The molecule has 1 aromatic rings. The van der Waals surface area contributed by atoms with Gasteiger partial charge < -0.3 is 9.47 Å². The molecule has 0 fully saturated rings. The van der Waals surface area contributed by atoms with Gasteiger partial charge in [-0.05, 0) is 22.6 Å². The summed E-state index contributed by atoms with van der Waals surface area (Å²) >= 11 is 1.42. The minimum atomic E-state index is -5.13. The molecule has 0 aliphatic heterocycles. The smallest absolute Gasteiger partial charge is 0.465 e. The van der Waals surface area contributed by atoms with Gasteiger partial charge in [0.1, 0.15) is 20.7 Å². The number of hydrogen-bond acceptors (Lipinski definition) is 4. The first-order chi connectivity index (χ1) is 8.65. The summed E-state index contributed by atoms with van der Waals surface area (Å²) in [5.41, 5.74) is -2.17. The third-order valence-corrected chi connectivity index (χ3v) is 2.35. The SMILES string of the molecule is COC(=O)c1c(OC(F)(F)F)cc(I)nc1C(F)F. The lowest BCUT2D eigenvalue weighted by Crippen LogP contribution is -2.21. The number of carbonyl (C=O) groups excluding carboxylic acids is 1. The number of esters is 1. The number of halogens is 6. The molecule has 1 rings (SSSR count). The normalized spacial score (nSPS) is 11.6. The second kappa shape index (κ2) is 5.84. The molecule has 0 bridgehead atoms. The summed E-state index contributed by atoms with van der Waals surface area (Å²) < 4.78 is 69.4. The molecule has 106 valence electrons. The van der Waals surface area contributed by atoms with Crippen LogP contribution in [0.1, 0.15) is 22.5 Å². The molecule has 0 saturated heterocycles. The highest BCUT2D eigenvalue weighted by Gasteiger charge is 2.36. The zero-order chi connectivity index (χ0) is 14.8. The van der Waals surface area contributed by atoms with Crippen molar-refractivity contribution in [3.8, 4) is 5.75 Å². The molecule has 0 aromatic carbocycles. The molecule has 0 radical (unpaired) electrons. The number of hydrogen-bond donors (Lipinski definition) is 0. The Morgan fingerprint density at radius 1 is 1.42 bits per heavy atom. The summed E-state index contributed by atoms with van der Waals surface area (Å²) in [6, 6.07) is 0.714. The van der Waals surface area contributed by atoms with Crippen LogP contribution in [0, 0.1) is 3.70 Å². The van der Waals surface area contributed by atoms with E-state index in [0.717, 1.165) is 7.11 Å². The lowest BCUT2D eigenvalue weighted by Gasteiger charge is -2.15. The molecule has 1 aromatic heterocycles. The van der Waals surface area contributed by atoms with E-state index in [1.807, 2.05) is 0 Å². The van der Waals surface area contributed by atoms with Crippen LogP contribution >= 0.6 is 22.6 Å². The second-order valence-corrected chi connectivity index (χ2v) is 4.15. The maximum atomic E-state index is 12.7. The van der Waals surface area contributed by atoms with Gasteiger partial charge in [-0.25, -0.2) is 18.6 Å². The maximum Gasteiger partial charge on any atom is 0.573 e. The molecule has 0 unspecified atom stereocenters. The van der Waals surface area contributed by atoms with Crippen LogP contribution in [0.15, 0.2) is 6.07 Å². The first-order valence-corrected chi connectivity index (χ1v) is 5.56. The van der Waals surface area contributed by atoms with E-state index in [1.54, 1.807) is 0 Å². The second-order valence-electron chi connectivity index (χ2n) is 3.04. The van der Waals surface area contributed by atoms with Gasteiger partial charge in [-0.1, -0.05) is 0 Å². The first kappa shape index (κ1) is 15.9. The van der Waals surface area contributed by atoms with Crippen LogP contribution in [0.3, 0.4) is 0 Å². The summed E-state index contributed by atoms with van der Waals surface area (Å²) in [7, 11) is 0.840. The average molecular weight is 397 g/mol. The van der Waals surface area contributed by atoms with Crippen molar-refractivity contribution in [2.24, 2.45) is 0 Å². The highest BCUT2D eigenvalue weighted by Crippen LogP contribution is 2.33. The van der Waals surface area contributed by atoms with Crippen LogP contribution in [-0.2, 0) is 4.74 Å². The maximum absolute atomic E-state index is 12.7. The van der Waals surface area contributed by atoms with Gasteiger partial charge in [0, 0.05) is 6.07 Å². The number of rotatable bonds is 3. The molecule has 0 amide bonds. The summed E-state index contributed by atoms with van der Waals surface area (Å²) in [5, 5.41) is 0. The van der Waals surface area contributed by atoms with E-state index in [2.05, 4.69) is 14.5 Å². The first-order valence-electron chi connectivity index (χ1n) is 4.48. The Balaban J connectivity index is 3.46. The van der Waals surface area contributed by atoms with Crippen molar-refractivity contribution in [1.82, 2.24) is 4.98 Å². The lowest BCUT2D eigenvalue weighted by atomic mass is 10.2. The zero-order valence-corrected chi connectivity index (χ0v) is 11.3. The van der Waals surface area contributed by atoms with Gasteiger partial charge in [0.05, 0.1) is 7.11 Å². The Morgan fingerprint density at radius 3 is 2.42 bits per heavy atom. The fourth-order valence-corrected chi connectivity index (χ4v) is 1.72. The van der Waals surface area contributed by atoms with E-state index >= 15 is 0 Å². The average Bonchev–Trinajstić information content (AvgIpc) is 2.24. The monoisotopic (exact) mass is 397 g/mol. The Hall–Kier alpha value is -1.20. The van der Waals surface area contributed by atoms with Gasteiger partial charge in [0.15, 0.2) is 0 Å². The molecule has 0 saturated carbocycles. The molecule has 0 spiro atoms. The van der Waals surface area contributed by atoms with Gasteiger partial charge in [0.2, 0.25) is 0 Å². The number of ether oxygens (including phenoxy) is 2. The summed E-state index contributed by atoms with van der Waals surface area (Å²) in [5.74, 6) is -2.47. The van der Waals surface area contributed by atoms with Crippen molar-refractivity contribution in [2.75, 3.05) is 7.11 Å². The summed E-state index contributed by atoms with van der Waals surface area (Å²) in [6.45, 7) is 0. The third kappa shape index (κ3) is 4.14. The number of pyridine rings is 1. The molecule has 10 heteroatoms. The largest absolute Gasteiger partial charge is 0.573 e. The van der Waals surface area contributed by atoms with Crippen molar-refractivity contribution in [2.45, 2.75) is 12.8 Å². The van der Waals surface area contributed by atoms with E-state index in [4.69, 9.17) is 0 Å². The number of methoxy groups -OCH3 is 1. The van der Waals surface area contributed by atoms with Crippen molar-refractivity contribution < 1.29 is 36.2 Å². The minimum absolute atomic E-state index is 0.181. The summed E-state index contributed by atoms with van der Waals surface area (Å²) in [6.07, 6.45) is -8.38.